The van der Waals surface area contributed by atoms with Crippen molar-refractivity contribution in [3.63, 3.8) is 0 Å². The minimum Gasteiger partial charge on any atom is -0.357 e. The number of hydrogen-bond acceptors (Lipinski definition) is 3. The number of aryl methyl sites for hydroxylation is 2. The van der Waals surface area contributed by atoms with Gasteiger partial charge in [-0.05, 0) is 57.2 Å². The first-order valence-corrected chi connectivity index (χ1v) is 10.6. The van der Waals surface area contributed by atoms with Crippen molar-refractivity contribution in [2.45, 2.75) is 39.5 Å². The highest BCUT2D eigenvalue weighted by Gasteiger charge is 2.17. The van der Waals surface area contributed by atoms with Gasteiger partial charge < -0.3 is 15.5 Å². The number of aromatic nitrogens is 2. The SMILES string of the molecule is CCNC(=NCC(=O)N1CCCC1)NCCCc1cn(-c2ccccc2)nc1C.I. The lowest BCUT2D eigenvalue weighted by Crippen LogP contribution is -2.39. The van der Waals surface area contributed by atoms with Crippen molar-refractivity contribution in [2.75, 3.05) is 32.7 Å². The quantitative estimate of drug-likeness (QED) is 0.241. The van der Waals surface area contributed by atoms with E-state index < -0.39 is 0 Å². The van der Waals surface area contributed by atoms with E-state index in [1.54, 1.807) is 0 Å². The molecule has 0 bridgehead atoms. The summed E-state index contributed by atoms with van der Waals surface area (Å²) < 4.78 is 1.94. The van der Waals surface area contributed by atoms with E-state index in [9.17, 15) is 4.79 Å². The molecule has 3 rings (SSSR count). The average Bonchev–Trinajstić information content (AvgIpc) is 3.40. The predicted octanol–water partition coefficient (Wildman–Crippen LogP) is 2.91. The fraction of sp³-hybridized carbons (Fsp3) is 0.500. The number of carbonyl (C=O) groups is 1. The first kappa shape index (κ1) is 24.2. The molecule has 0 saturated carbocycles. The predicted molar refractivity (Wildman–Crippen MR) is 132 cm³/mol. The van der Waals surface area contributed by atoms with Crippen molar-refractivity contribution < 1.29 is 4.79 Å². The van der Waals surface area contributed by atoms with E-state index in [0.717, 1.165) is 63.2 Å². The molecule has 1 aliphatic heterocycles. The van der Waals surface area contributed by atoms with E-state index in [4.69, 9.17) is 0 Å². The first-order chi connectivity index (χ1) is 14.2. The van der Waals surface area contributed by atoms with E-state index in [0.29, 0.717) is 5.96 Å². The molecule has 30 heavy (non-hydrogen) atoms. The number of guanidine groups is 1. The highest BCUT2D eigenvalue weighted by atomic mass is 127. The third-order valence-corrected chi connectivity index (χ3v) is 5.11. The zero-order valence-electron chi connectivity index (χ0n) is 17.9. The van der Waals surface area contributed by atoms with Crippen LogP contribution in [0.1, 0.15) is 37.4 Å². The molecule has 1 saturated heterocycles. The second-order valence-corrected chi connectivity index (χ2v) is 7.33. The molecule has 1 aromatic carbocycles. The molecule has 2 heterocycles. The summed E-state index contributed by atoms with van der Waals surface area (Å²) in [4.78, 5) is 18.5. The molecule has 1 amide bonds. The van der Waals surface area contributed by atoms with Crippen LogP contribution in [0.15, 0.2) is 41.5 Å². The Hall–Kier alpha value is -2.10. The molecular formula is C22H33IN6O. The largest absolute Gasteiger partial charge is 0.357 e. The lowest BCUT2D eigenvalue weighted by Gasteiger charge is -2.15. The Bertz CT molecular complexity index is 814. The minimum absolute atomic E-state index is 0. The average molecular weight is 524 g/mol. The summed E-state index contributed by atoms with van der Waals surface area (Å²) in [7, 11) is 0. The highest BCUT2D eigenvalue weighted by Crippen LogP contribution is 2.13. The van der Waals surface area contributed by atoms with Gasteiger partial charge in [-0.25, -0.2) is 9.67 Å². The maximum Gasteiger partial charge on any atom is 0.244 e. The monoisotopic (exact) mass is 524 g/mol. The standard InChI is InChI=1S/C22H32N6O.HI/c1-3-23-22(25-16-21(29)27-14-7-8-15-27)24-13-9-10-19-17-28(26-18(19)2)20-11-5-4-6-12-20;/h4-6,11-12,17H,3,7-10,13-16H2,1-2H3,(H2,23,24,25);1H. The number of nitrogens with zero attached hydrogens (tertiary/aromatic N) is 4. The molecule has 0 spiro atoms. The number of benzene rings is 1. The summed E-state index contributed by atoms with van der Waals surface area (Å²) in [5.74, 6) is 0.820. The summed E-state index contributed by atoms with van der Waals surface area (Å²) in [6.07, 6.45) is 6.23. The molecule has 2 N–H and O–H groups in total. The third-order valence-electron chi connectivity index (χ3n) is 5.11. The molecule has 1 aliphatic rings. The summed E-state index contributed by atoms with van der Waals surface area (Å²) in [5.41, 5.74) is 3.39. The Morgan fingerprint density at radius 1 is 1.17 bits per heavy atom. The molecule has 0 atom stereocenters. The van der Waals surface area contributed by atoms with Crippen LogP contribution in [-0.2, 0) is 11.2 Å². The van der Waals surface area contributed by atoms with E-state index in [-0.39, 0.29) is 36.4 Å². The van der Waals surface area contributed by atoms with Gasteiger partial charge in [-0.1, -0.05) is 18.2 Å². The van der Waals surface area contributed by atoms with Crippen molar-refractivity contribution >= 4 is 35.8 Å². The number of nitrogens with one attached hydrogen (secondary N) is 2. The van der Waals surface area contributed by atoms with E-state index in [1.807, 2.05) is 34.7 Å². The summed E-state index contributed by atoms with van der Waals surface area (Å²) in [6, 6.07) is 10.2. The second-order valence-electron chi connectivity index (χ2n) is 7.33. The van der Waals surface area contributed by atoms with Crippen molar-refractivity contribution in [3.05, 3.63) is 47.8 Å². The summed E-state index contributed by atoms with van der Waals surface area (Å²) in [5, 5.41) is 11.2. The molecule has 1 fully saturated rings. The van der Waals surface area contributed by atoms with Gasteiger partial charge in [0.25, 0.3) is 0 Å². The van der Waals surface area contributed by atoms with Crippen molar-refractivity contribution in [2.24, 2.45) is 4.99 Å². The molecule has 0 radical (unpaired) electrons. The number of aliphatic imine (C=N–C) groups is 1. The van der Waals surface area contributed by atoms with Crippen LogP contribution in [-0.4, -0.2) is 59.3 Å². The van der Waals surface area contributed by atoms with Gasteiger partial charge in [-0.15, -0.1) is 24.0 Å². The molecule has 164 valence electrons. The number of para-hydroxylation sites is 1. The van der Waals surface area contributed by atoms with Crippen LogP contribution in [0.2, 0.25) is 0 Å². The lowest BCUT2D eigenvalue weighted by molar-refractivity contribution is -0.128. The fourth-order valence-electron chi connectivity index (χ4n) is 3.49. The van der Waals surface area contributed by atoms with E-state index >= 15 is 0 Å². The molecule has 1 aromatic heterocycles. The number of likely N-dealkylation sites (tertiary alicyclic amines) is 1. The fourth-order valence-corrected chi connectivity index (χ4v) is 3.49. The smallest absolute Gasteiger partial charge is 0.244 e. The third kappa shape index (κ3) is 7.00. The van der Waals surface area contributed by atoms with Crippen LogP contribution in [0.25, 0.3) is 5.69 Å². The Labute approximate surface area is 196 Å². The van der Waals surface area contributed by atoms with Gasteiger partial charge in [0.05, 0.1) is 11.4 Å². The Morgan fingerprint density at radius 2 is 1.90 bits per heavy atom. The number of rotatable bonds is 8. The van der Waals surface area contributed by atoms with Gasteiger partial charge in [0, 0.05) is 32.4 Å². The summed E-state index contributed by atoms with van der Waals surface area (Å²) in [6.45, 7) is 7.59. The molecule has 8 heteroatoms. The van der Waals surface area contributed by atoms with Crippen LogP contribution < -0.4 is 10.6 Å². The van der Waals surface area contributed by atoms with Crippen LogP contribution in [0.4, 0.5) is 0 Å². The van der Waals surface area contributed by atoms with Gasteiger partial charge in [-0.3, -0.25) is 4.79 Å². The Kier molecular flexibility index (Phi) is 10.1. The Morgan fingerprint density at radius 3 is 2.60 bits per heavy atom. The van der Waals surface area contributed by atoms with Gasteiger partial charge in [0.2, 0.25) is 5.91 Å². The van der Waals surface area contributed by atoms with Gasteiger partial charge in [0.15, 0.2) is 5.96 Å². The first-order valence-electron chi connectivity index (χ1n) is 10.6. The highest BCUT2D eigenvalue weighted by molar-refractivity contribution is 14.0. The molecule has 0 aliphatic carbocycles. The van der Waals surface area contributed by atoms with Crippen molar-refractivity contribution in [1.82, 2.24) is 25.3 Å². The Balaban J connectivity index is 0.00000320. The van der Waals surface area contributed by atoms with Gasteiger partial charge in [-0.2, -0.15) is 5.10 Å². The maximum atomic E-state index is 12.2. The molecular weight excluding hydrogens is 491 g/mol. The van der Waals surface area contributed by atoms with Crippen LogP contribution >= 0.6 is 24.0 Å². The topological polar surface area (TPSA) is 74.6 Å². The zero-order chi connectivity index (χ0) is 20.5. The second kappa shape index (κ2) is 12.6. The maximum absolute atomic E-state index is 12.2. The van der Waals surface area contributed by atoms with Crippen molar-refractivity contribution in [1.29, 1.82) is 0 Å². The summed E-state index contributed by atoms with van der Waals surface area (Å²) >= 11 is 0. The van der Waals surface area contributed by atoms with Crippen LogP contribution in [0.5, 0.6) is 0 Å². The van der Waals surface area contributed by atoms with E-state index in [1.165, 1.54) is 5.56 Å². The lowest BCUT2D eigenvalue weighted by atomic mass is 10.1. The van der Waals surface area contributed by atoms with Gasteiger partial charge >= 0.3 is 0 Å². The normalized spacial score (nSPS) is 13.8. The van der Waals surface area contributed by atoms with Crippen molar-refractivity contribution in [3.8, 4) is 5.69 Å². The number of hydrogen-bond donors (Lipinski definition) is 2. The van der Waals surface area contributed by atoms with Crippen LogP contribution in [0, 0.1) is 6.92 Å². The number of amides is 1. The number of halogens is 1. The van der Waals surface area contributed by atoms with E-state index in [2.05, 4.69) is 46.0 Å². The molecule has 7 nitrogen and oxygen atoms in total. The molecule has 0 unspecified atom stereocenters. The van der Waals surface area contributed by atoms with Crippen LogP contribution in [0.3, 0.4) is 0 Å². The molecule has 2 aromatic rings. The van der Waals surface area contributed by atoms with Gasteiger partial charge in [0.1, 0.15) is 6.54 Å². The minimum atomic E-state index is 0. The zero-order valence-corrected chi connectivity index (χ0v) is 20.3. The number of carbonyl (C=O) groups excluding carboxylic acids is 1.